The number of nitrogens with zero attached hydrogens (tertiary/aromatic N) is 2. The Labute approximate surface area is 176 Å². The highest BCUT2D eigenvalue weighted by molar-refractivity contribution is 7.89. The predicted octanol–water partition coefficient (Wildman–Crippen LogP) is 2.85. The number of piperidine rings is 1. The van der Waals surface area contributed by atoms with Crippen molar-refractivity contribution in [1.29, 1.82) is 0 Å². The average molecular weight is 428 g/mol. The number of amides is 2. The topological polar surface area (TPSA) is 86.8 Å². The third kappa shape index (κ3) is 4.11. The fourth-order valence-electron chi connectivity index (χ4n) is 4.05. The van der Waals surface area contributed by atoms with E-state index >= 15 is 0 Å². The molecule has 7 nitrogen and oxygen atoms in total. The van der Waals surface area contributed by atoms with E-state index in [1.54, 1.807) is 41.3 Å². The molecule has 2 fully saturated rings. The fraction of sp³-hybridized carbons (Fsp3) is 0.364. The summed E-state index contributed by atoms with van der Waals surface area (Å²) in [5.41, 5.74) is 1.34. The molecule has 30 heavy (non-hydrogen) atoms. The monoisotopic (exact) mass is 427 g/mol. The standard InChI is InChI=1S/C22H25N3O4S/c26-21-11-6-14-25(21)20-10-5-4-9-19(20)23-22(27)17-12-15-24(16-13-17)30(28,29)18-7-2-1-3-8-18/h1-5,7-10,17H,6,11-16H2,(H,23,27). The van der Waals surface area contributed by atoms with E-state index in [0.29, 0.717) is 44.6 Å². The summed E-state index contributed by atoms with van der Waals surface area (Å²) in [6.45, 7) is 1.27. The molecule has 0 aliphatic carbocycles. The minimum Gasteiger partial charge on any atom is -0.324 e. The van der Waals surface area contributed by atoms with E-state index in [9.17, 15) is 18.0 Å². The van der Waals surface area contributed by atoms with Crippen molar-refractivity contribution in [3.63, 3.8) is 0 Å². The first-order valence-corrected chi connectivity index (χ1v) is 11.7. The van der Waals surface area contributed by atoms with Crippen LogP contribution in [0.2, 0.25) is 0 Å². The lowest BCUT2D eigenvalue weighted by Gasteiger charge is -2.31. The molecule has 0 radical (unpaired) electrons. The second kappa shape index (κ2) is 8.57. The molecule has 2 heterocycles. The number of nitrogens with one attached hydrogen (secondary N) is 1. The molecule has 0 atom stereocenters. The summed E-state index contributed by atoms with van der Waals surface area (Å²) in [6.07, 6.45) is 2.26. The first kappa shape index (κ1) is 20.6. The van der Waals surface area contributed by atoms with Crippen LogP contribution in [0.25, 0.3) is 0 Å². The third-order valence-corrected chi connectivity index (χ3v) is 7.64. The Hall–Kier alpha value is -2.71. The normalized spacial score (nSPS) is 18.5. The summed E-state index contributed by atoms with van der Waals surface area (Å²) < 4.78 is 27.0. The zero-order valence-electron chi connectivity index (χ0n) is 16.7. The van der Waals surface area contributed by atoms with Crippen LogP contribution in [-0.2, 0) is 19.6 Å². The molecule has 8 heteroatoms. The quantitative estimate of drug-likeness (QED) is 0.795. The van der Waals surface area contributed by atoms with E-state index in [0.717, 1.165) is 12.1 Å². The van der Waals surface area contributed by atoms with Crippen molar-refractivity contribution in [2.75, 3.05) is 29.9 Å². The lowest BCUT2D eigenvalue weighted by molar-refractivity contribution is -0.121. The van der Waals surface area contributed by atoms with Crippen LogP contribution in [0.15, 0.2) is 59.5 Å². The number of carbonyl (C=O) groups is 2. The van der Waals surface area contributed by atoms with Crippen molar-refractivity contribution in [3.8, 4) is 0 Å². The Kier molecular flexibility index (Phi) is 5.87. The van der Waals surface area contributed by atoms with E-state index in [4.69, 9.17) is 0 Å². The Morgan fingerprint density at radius 3 is 2.27 bits per heavy atom. The van der Waals surface area contributed by atoms with E-state index < -0.39 is 10.0 Å². The Morgan fingerprint density at radius 2 is 1.60 bits per heavy atom. The van der Waals surface area contributed by atoms with E-state index in [1.165, 1.54) is 4.31 Å². The molecular weight excluding hydrogens is 402 g/mol. The van der Waals surface area contributed by atoms with Gasteiger partial charge in [-0.1, -0.05) is 30.3 Å². The second-order valence-electron chi connectivity index (χ2n) is 7.65. The lowest BCUT2D eigenvalue weighted by atomic mass is 9.97. The number of hydrogen-bond acceptors (Lipinski definition) is 4. The second-order valence-corrected chi connectivity index (χ2v) is 9.58. The van der Waals surface area contributed by atoms with Gasteiger partial charge in [0.1, 0.15) is 0 Å². The zero-order chi connectivity index (χ0) is 21.1. The highest BCUT2D eigenvalue weighted by Gasteiger charge is 2.32. The van der Waals surface area contributed by atoms with Crippen molar-refractivity contribution in [2.24, 2.45) is 5.92 Å². The smallest absolute Gasteiger partial charge is 0.243 e. The van der Waals surface area contributed by atoms with Crippen molar-refractivity contribution < 1.29 is 18.0 Å². The van der Waals surface area contributed by atoms with Gasteiger partial charge < -0.3 is 10.2 Å². The number of carbonyl (C=O) groups excluding carboxylic acids is 2. The summed E-state index contributed by atoms with van der Waals surface area (Å²) in [4.78, 5) is 27.0. The first-order chi connectivity index (χ1) is 14.5. The Bertz CT molecular complexity index is 1030. The summed E-state index contributed by atoms with van der Waals surface area (Å²) in [5.74, 6) is -0.337. The molecule has 0 aromatic heterocycles. The number of sulfonamides is 1. The molecule has 2 amide bonds. The van der Waals surface area contributed by atoms with E-state index in [1.807, 2.05) is 18.2 Å². The van der Waals surface area contributed by atoms with Gasteiger partial charge in [0, 0.05) is 32.0 Å². The largest absolute Gasteiger partial charge is 0.324 e. The molecule has 0 saturated carbocycles. The van der Waals surface area contributed by atoms with Gasteiger partial charge in [-0.05, 0) is 43.5 Å². The van der Waals surface area contributed by atoms with Gasteiger partial charge in [0.25, 0.3) is 0 Å². The highest BCUT2D eigenvalue weighted by atomic mass is 32.2. The molecule has 2 aromatic carbocycles. The predicted molar refractivity (Wildman–Crippen MR) is 115 cm³/mol. The first-order valence-electron chi connectivity index (χ1n) is 10.2. The maximum absolute atomic E-state index is 12.9. The fourth-order valence-corrected chi connectivity index (χ4v) is 5.54. The van der Waals surface area contributed by atoms with Gasteiger partial charge in [0.2, 0.25) is 21.8 Å². The number of hydrogen-bond donors (Lipinski definition) is 1. The SMILES string of the molecule is O=C(Nc1ccccc1N1CCCC1=O)C1CCN(S(=O)(=O)c2ccccc2)CC1. The molecular formula is C22H25N3O4S. The van der Waals surface area contributed by atoms with Crippen LogP contribution in [-0.4, -0.2) is 44.2 Å². The summed E-state index contributed by atoms with van der Waals surface area (Å²) in [6, 6.07) is 15.7. The minimum atomic E-state index is -3.54. The molecule has 0 spiro atoms. The van der Waals surface area contributed by atoms with Crippen molar-refractivity contribution in [3.05, 3.63) is 54.6 Å². The minimum absolute atomic E-state index is 0.0659. The van der Waals surface area contributed by atoms with Crippen LogP contribution in [0.4, 0.5) is 11.4 Å². The van der Waals surface area contributed by atoms with Gasteiger partial charge in [-0.15, -0.1) is 0 Å². The van der Waals surface area contributed by atoms with Gasteiger partial charge >= 0.3 is 0 Å². The third-order valence-electron chi connectivity index (χ3n) is 5.73. The van der Waals surface area contributed by atoms with E-state index in [2.05, 4.69) is 5.32 Å². The van der Waals surface area contributed by atoms with Crippen LogP contribution >= 0.6 is 0 Å². The van der Waals surface area contributed by atoms with Crippen LogP contribution in [0.5, 0.6) is 0 Å². The molecule has 2 aliphatic rings. The Morgan fingerprint density at radius 1 is 0.933 bits per heavy atom. The lowest BCUT2D eigenvalue weighted by Crippen LogP contribution is -2.41. The van der Waals surface area contributed by atoms with Crippen LogP contribution in [0, 0.1) is 5.92 Å². The molecule has 0 unspecified atom stereocenters. The van der Waals surface area contributed by atoms with Crippen LogP contribution < -0.4 is 10.2 Å². The molecule has 2 aliphatic heterocycles. The van der Waals surface area contributed by atoms with Gasteiger partial charge in [-0.3, -0.25) is 9.59 Å². The van der Waals surface area contributed by atoms with Crippen molar-refractivity contribution in [2.45, 2.75) is 30.6 Å². The summed E-state index contributed by atoms with van der Waals surface area (Å²) in [7, 11) is -3.54. The van der Waals surface area contributed by atoms with Crippen molar-refractivity contribution in [1.82, 2.24) is 4.31 Å². The number of anilines is 2. The molecule has 2 saturated heterocycles. The zero-order valence-corrected chi connectivity index (χ0v) is 17.5. The van der Waals surface area contributed by atoms with Gasteiger partial charge in [0.15, 0.2) is 0 Å². The van der Waals surface area contributed by atoms with E-state index in [-0.39, 0.29) is 22.6 Å². The Balaban J connectivity index is 1.41. The molecule has 158 valence electrons. The highest BCUT2D eigenvalue weighted by Crippen LogP contribution is 2.31. The summed E-state index contributed by atoms with van der Waals surface area (Å²) >= 11 is 0. The number of rotatable bonds is 5. The van der Waals surface area contributed by atoms with Crippen LogP contribution in [0.3, 0.4) is 0 Å². The summed E-state index contributed by atoms with van der Waals surface area (Å²) in [5, 5.41) is 2.96. The molecule has 4 rings (SSSR count). The van der Waals surface area contributed by atoms with Gasteiger partial charge in [0.05, 0.1) is 16.3 Å². The molecule has 1 N–H and O–H groups in total. The average Bonchev–Trinajstić information content (AvgIpc) is 3.20. The number of benzene rings is 2. The molecule has 0 bridgehead atoms. The van der Waals surface area contributed by atoms with Gasteiger partial charge in [-0.2, -0.15) is 4.31 Å². The molecule has 2 aromatic rings. The maximum atomic E-state index is 12.9. The number of para-hydroxylation sites is 2. The van der Waals surface area contributed by atoms with Crippen molar-refractivity contribution >= 4 is 33.2 Å². The van der Waals surface area contributed by atoms with Crippen LogP contribution in [0.1, 0.15) is 25.7 Å². The van der Waals surface area contributed by atoms with Gasteiger partial charge in [-0.25, -0.2) is 8.42 Å². The maximum Gasteiger partial charge on any atom is 0.243 e.